The summed E-state index contributed by atoms with van der Waals surface area (Å²) in [7, 11) is -1.55. The fourth-order valence-electron chi connectivity index (χ4n) is 16.0. The van der Waals surface area contributed by atoms with Crippen LogP contribution in [0.15, 0.2) is 239 Å². The van der Waals surface area contributed by atoms with E-state index < -0.39 is 215 Å². The second-order valence-corrected chi connectivity index (χ2v) is 35.5. The topological polar surface area (TPSA) is 164 Å². The normalized spacial score (nSPS) is 22.6. The Balaban J connectivity index is 0.000000196. The summed E-state index contributed by atoms with van der Waals surface area (Å²) in [6.45, 7) is -0.250. The molecular weight excluding hydrogens is 1720 g/mol. The first-order valence-corrected chi connectivity index (χ1v) is 47.2. The van der Waals surface area contributed by atoms with E-state index in [4.69, 9.17) is 74.4 Å². The maximum atomic E-state index is 13.5. The van der Waals surface area contributed by atoms with Gasteiger partial charge in [0.2, 0.25) is 29.5 Å². The molecule has 5 amide bonds. The van der Waals surface area contributed by atoms with Crippen LogP contribution < -0.4 is 24.5 Å². The number of anilines is 5. The first-order valence-electron chi connectivity index (χ1n) is 61.3. The van der Waals surface area contributed by atoms with Crippen molar-refractivity contribution in [1.82, 2.24) is 24.5 Å². The summed E-state index contributed by atoms with van der Waals surface area (Å²) in [4.78, 5) is 84.6. The molecule has 130 heavy (non-hydrogen) atoms. The van der Waals surface area contributed by atoms with Crippen molar-refractivity contribution >= 4 is 115 Å². The number of carbonyl (C=O) groups is 5. The molecule has 0 unspecified atom stereocenters. The fraction of sp³-hybridized carbons (Fsp3) is 0.476. The molecule has 25 heteroatoms. The molecule has 0 aliphatic carbocycles. The van der Waals surface area contributed by atoms with Crippen molar-refractivity contribution in [1.29, 1.82) is 0 Å². The molecule has 0 bridgehead atoms. The number of benzene rings is 5. The van der Waals surface area contributed by atoms with E-state index >= 15 is 0 Å². The number of thiophene rings is 5. The van der Waals surface area contributed by atoms with E-state index in [9.17, 15) is 24.0 Å². The maximum Gasteiger partial charge on any atom is 0.229 e. The summed E-state index contributed by atoms with van der Waals surface area (Å²) >= 11 is 7.12. The van der Waals surface area contributed by atoms with Gasteiger partial charge in [-0.3, -0.25) is 48.5 Å². The molecule has 0 atom stereocenters. The van der Waals surface area contributed by atoms with Crippen LogP contribution in [0.5, 0.6) is 0 Å². The zero-order chi connectivity index (χ0) is 124. The molecule has 5 aromatic carbocycles. The van der Waals surface area contributed by atoms with Crippen molar-refractivity contribution in [2.45, 2.75) is 191 Å². The SMILES string of the molecule is [2H]C([2H])(C)C(=O)N(c1ccccc1)C1(OC)CCN(CC([2H])([2H])c2cccs2)CC1.[2H]C([2H])([2H])CC(=O)N(c1ccccc1)C1(OC)CCN(C([2H])([2H])Cc2cccs2)CC1.[2H]C([2H])([2H])OC1(N(C(=O)C([2H])([2H])C)c2ccccc2)CCN(C([2H])([2H])Cc2cccs2)CC1.[2H]c1c([2H])c([2H])c(N(C(=O)C([2H])([2H])C)C2(OC([2H])([2H])[2H])CCN(C([2H])([2H])Cc3cccs3)CC2)c([2H])c1[2H].[2H]c1c([2H])c([2H])c(N(C(=O)C([2H])([2H])C)C2(OC)CCN(CC([2H])([2H])c3cccs3)CC2)c([2H])c1[2H]. The highest BCUT2D eigenvalue weighted by Crippen LogP contribution is 2.41. The van der Waals surface area contributed by atoms with Crippen LogP contribution in [0, 0.1) is 0 Å². The Kier molecular flexibility index (Phi) is 25.0. The predicted octanol–water partition coefficient (Wildman–Crippen LogP) is 20.9. The molecule has 0 radical (unpaired) electrons. The first kappa shape index (κ1) is 62.2. The van der Waals surface area contributed by atoms with Crippen LogP contribution in [0.2, 0.25) is 0 Å². The maximum absolute atomic E-state index is 13.5. The summed E-state index contributed by atoms with van der Waals surface area (Å²) in [5.41, 5.74) is -6.94. The second kappa shape index (κ2) is 52.3. The number of nitrogens with zero attached hydrogens (tertiary/aromatic N) is 10. The minimum Gasteiger partial charge on any atom is -0.358 e. The van der Waals surface area contributed by atoms with Gasteiger partial charge >= 0.3 is 0 Å². The van der Waals surface area contributed by atoms with Gasteiger partial charge in [0.1, 0.15) is 28.6 Å². The predicted molar refractivity (Wildman–Crippen MR) is 538 cm³/mol. The van der Waals surface area contributed by atoms with Crippen LogP contribution in [0.3, 0.4) is 0 Å². The smallest absolute Gasteiger partial charge is 0.229 e. The van der Waals surface area contributed by atoms with Crippen molar-refractivity contribution in [3.8, 4) is 0 Å². The van der Waals surface area contributed by atoms with E-state index in [1.54, 1.807) is 108 Å². The van der Waals surface area contributed by atoms with Crippen LogP contribution in [-0.2, 0) is 79.7 Å². The number of aryl methyl sites for hydroxylation is 3. The minimum atomic E-state index is -3.12. The summed E-state index contributed by atoms with van der Waals surface area (Å²) in [6, 6.07) is 37.6. The molecule has 0 N–H and O–H groups in total. The molecule has 5 aliphatic rings. The second-order valence-electron chi connectivity index (χ2n) is 30.5. The number of likely N-dealkylation sites (tertiary alicyclic amines) is 5. The molecule has 0 spiro atoms. The van der Waals surface area contributed by atoms with Crippen molar-refractivity contribution in [2.24, 2.45) is 0 Å². The van der Waals surface area contributed by atoms with Crippen LogP contribution in [0.25, 0.3) is 0 Å². The average Bonchev–Trinajstić information content (AvgIpc) is 0.868. The van der Waals surface area contributed by atoms with Gasteiger partial charge in [0, 0.05) is 311 Å². The Morgan fingerprint density at radius 1 is 0.323 bits per heavy atom. The third kappa shape index (κ3) is 27.6. The molecule has 10 heterocycles. The largest absolute Gasteiger partial charge is 0.358 e. The van der Waals surface area contributed by atoms with Gasteiger partial charge < -0.3 is 48.2 Å². The Bertz CT molecular complexity index is 6640. The van der Waals surface area contributed by atoms with Gasteiger partial charge in [-0.2, -0.15) is 0 Å². The molecule has 5 fully saturated rings. The number of para-hydroxylation sites is 5. The third-order valence-corrected chi connectivity index (χ3v) is 27.5. The van der Waals surface area contributed by atoms with E-state index in [1.165, 1.54) is 92.5 Å². The number of hydrogen-bond acceptors (Lipinski definition) is 20. The third-order valence-electron chi connectivity index (χ3n) is 23.2. The molecule has 0 saturated carbocycles. The highest BCUT2D eigenvalue weighted by Gasteiger charge is 2.48. The number of amides is 5. The van der Waals surface area contributed by atoms with Crippen LogP contribution in [0.4, 0.5) is 28.4 Å². The molecule has 10 aromatic rings. The molecule has 20 nitrogen and oxygen atoms in total. The number of carbonyl (C=O) groups excluding carboxylic acids is 5. The van der Waals surface area contributed by atoms with Crippen LogP contribution in [0.1, 0.15) is 206 Å². The van der Waals surface area contributed by atoms with Gasteiger partial charge in [-0.05, 0) is 150 Å². The fourth-order valence-corrected chi connectivity index (χ4v) is 19.2. The molecule has 5 aromatic heterocycles. The van der Waals surface area contributed by atoms with Gasteiger partial charge in [-0.25, -0.2) is 0 Å². The quantitative estimate of drug-likeness (QED) is 0.0344. The van der Waals surface area contributed by atoms with Crippen molar-refractivity contribution < 1.29 is 98.4 Å². The van der Waals surface area contributed by atoms with E-state index in [0.29, 0.717) is 90.0 Å². The summed E-state index contributed by atoms with van der Waals surface area (Å²) < 4.78 is 328. The van der Waals surface area contributed by atoms with Crippen LogP contribution in [-0.4, -0.2) is 216 Å². The molecular formula is C105H140N10O10S5. The lowest BCUT2D eigenvalue weighted by molar-refractivity contribution is -0.128. The standard InChI is InChI=1S/5C21H28N2O2S/c5*1-3-20(24)23(18-8-5-4-6-9-18)21(25-2)12-15-22(16-13-21)14-11-19-10-7-17-26-19/h5*4-10,17H,3,11-16H2,1-2H3/i2D3,3D2,4D,5D,6D,8D,9D,14D2;3D2,4D,5D,6D,8D,9D,11D2;2D3,3D2,14D2;3D2,11D2;1D3,14D2. The molecule has 700 valence electrons. The highest BCUT2D eigenvalue weighted by atomic mass is 32.1. The first-order chi connectivity index (χ1) is 77.4. The van der Waals surface area contributed by atoms with E-state index in [2.05, 4.69) is 0 Å². The summed E-state index contributed by atoms with van der Waals surface area (Å²) in [6.07, 6.45) is -11.2. The lowest BCUT2D eigenvalue weighted by Gasteiger charge is -2.47. The Morgan fingerprint density at radius 2 is 0.569 bits per heavy atom. The number of rotatable bonds is 35. The average molecular weight is 1900 g/mol. The lowest BCUT2D eigenvalue weighted by Crippen LogP contribution is -2.59. The summed E-state index contributed by atoms with van der Waals surface area (Å²) in [5, 5.41) is 9.33. The molecule has 5 aliphatic heterocycles. The summed E-state index contributed by atoms with van der Waals surface area (Å²) in [5.74, 6) is -4.51. The van der Waals surface area contributed by atoms with E-state index in [-0.39, 0.29) is 104 Å². The molecule has 5 saturated heterocycles. The van der Waals surface area contributed by atoms with E-state index in [1.807, 2.05) is 97.4 Å². The Morgan fingerprint density at radius 3 is 0.808 bits per heavy atom. The van der Waals surface area contributed by atoms with Crippen molar-refractivity contribution in [3.05, 3.63) is 263 Å². The van der Waals surface area contributed by atoms with Gasteiger partial charge in [0.15, 0.2) is 0 Å². The number of hydrogen-bond donors (Lipinski definition) is 0. The van der Waals surface area contributed by atoms with Gasteiger partial charge in [-0.1, -0.05) is 156 Å². The van der Waals surface area contributed by atoms with Gasteiger partial charge in [0.05, 0.1) is 21.9 Å². The van der Waals surface area contributed by atoms with E-state index in [0.717, 1.165) is 45.2 Å². The number of piperidine rings is 5. The highest BCUT2D eigenvalue weighted by molar-refractivity contribution is 7.11. The molecule has 15 rings (SSSR count). The monoisotopic (exact) mass is 1900 g/mol. The zero-order valence-electron chi connectivity index (χ0n) is 111. The van der Waals surface area contributed by atoms with Crippen LogP contribution >= 0.6 is 56.7 Å². The lowest BCUT2D eigenvalue weighted by atomic mass is 9.96. The Labute approximate surface area is 846 Å². The van der Waals surface area contributed by atoms with Crippen molar-refractivity contribution in [2.75, 3.05) is 158 Å². The zero-order valence-corrected chi connectivity index (χ0v) is 78.4. The van der Waals surface area contributed by atoms with Gasteiger partial charge in [0.25, 0.3) is 0 Å². The van der Waals surface area contributed by atoms with Gasteiger partial charge in [-0.15, -0.1) is 56.7 Å². The minimum absolute atomic E-state index is 0.00601. The Hall–Kier alpha value is -8.45. The van der Waals surface area contributed by atoms with Crippen molar-refractivity contribution in [3.63, 3.8) is 0 Å². The number of ether oxygens (including phenoxy) is 5. The number of methoxy groups -OCH3 is 5.